The van der Waals surface area contributed by atoms with Gasteiger partial charge in [-0.05, 0) is 45.4 Å². The largest absolute Gasteiger partial charge is 0.458 e. The molecule has 0 radical (unpaired) electrons. The highest BCUT2D eigenvalue weighted by Gasteiger charge is 2.23. The summed E-state index contributed by atoms with van der Waals surface area (Å²) < 4.78 is 5.19. The third-order valence-electron chi connectivity index (χ3n) is 2.54. The van der Waals surface area contributed by atoms with Crippen LogP contribution in [0.5, 0.6) is 0 Å². The lowest BCUT2D eigenvalue weighted by atomic mass is 10.1. The molecule has 0 unspecified atom stereocenters. The first-order valence-corrected chi connectivity index (χ1v) is 7.31. The van der Waals surface area contributed by atoms with E-state index in [1.807, 2.05) is 0 Å². The molecular weight excluding hydrogens is 313 g/mol. The Morgan fingerprint density at radius 2 is 1.76 bits per heavy atom. The summed E-state index contributed by atoms with van der Waals surface area (Å²) >= 11 is 12.0. The molecule has 0 heterocycles. The van der Waals surface area contributed by atoms with Crippen molar-refractivity contribution >= 4 is 35.1 Å². The molecule has 21 heavy (non-hydrogen) atoms. The summed E-state index contributed by atoms with van der Waals surface area (Å²) in [6.07, 6.45) is 0.00560. The van der Waals surface area contributed by atoms with Crippen molar-refractivity contribution in [3.8, 4) is 0 Å². The molecule has 1 aromatic carbocycles. The molecule has 0 spiro atoms. The predicted octanol–water partition coefficient (Wildman–Crippen LogP) is 3.38. The van der Waals surface area contributed by atoms with E-state index in [9.17, 15) is 9.59 Å². The maximum absolute atomic E-state index is 12.0. The van der Waals surface area contributed by atoms with Gasteiger partial charge in [-0.25, -0.2) is 4.79 Å². The molecule has 1 aromatic rings. The molecule has 0 fully saturated rings. The zero-order valence-corrected chi connectivity index (χ0v) is 14.0. The second-order valence-electron chi connectivity index (χ2n) is 5.70. The third kappa shape index (κ3) is 5.94. The lowest BCUT2D eigenvalue weighted by molar-refractivity contribution is -0.158. The van der Waals surface area contributed by atoms with Gasteiger partial charge in [-0.2, -0.15) is 0 Å². The Morgan fingerprint density at radius 1 is 1.24 bits per heavy atom. The minimum Gasteiger partial charge on any atom is -0.458 e. The van der Waals surface area contributed by atoms with Crippen molar-refractivity contribution in [3.05, 3.63) is 33.8 Å². The van der Waals surface area contributed by atoms with Crippen molar-refractivity contribution < 1.29 is 14.3 Å². The number of carbonyl (C=O) groups excluding carboxylic acids is 2. The van der Waals surface area contributed by atoms with Gasteiger partial charge in [0.05, 0.1) is 6.42 Å². The van der Waals surface area contributed by atoms with Gasteiger partial charge in [-0.1, -0.05) is 29.3 Å². The average molecular weight is 332 g/mol. The lowest BCUT2D eigenvalue weighted by Crippen LogP contribution is -2.42. The summed E-state index contributed by atoms with van der Waals surface area (Å²) in [4.78, 5) is 23.8. The Balaban J connectivity index is 2.64. The number of esters is 1. The van der Waals surface area contributed by atoms with Crippen LogP contribution in [-0.2, 0) is 20.7 Å². The number of rotatable bonds is 4. The van der Waals surface area contributed by atoms with Crippen molar-refractivity contribution in [1.29, 1.82) is 0 Å². The Hall–Kier alpha value is -1.26. The lowest BCUT2D eigenvalue weighted by Gasteiger charge is -2.22. The van der Waals surface area contributed by atoms with Crippen LogP contribution in [0, 0.1) is 0 Å². The molecule has 0 aromatic heterocycles. The first-order chi connectivity index (χ1) is 9.60. The normalized spacial score (nSPS) is 12.7. The summed E-state index contributed by atoms with van der Waals surface area (Å²) in [6, 6.07) is 4.29. The number of hydrogen-bond donors (Lipinski definition) is 1. The zero-order valence-electron chi connectivity index (χ0n) is 12.5. The van der Waals surface area contributed by atoms with Gasteiger partial charge in [0.2, 0.25) is 5.91 Å². The topological polar surface area (TPSA) is 55.4 Å². The van der Waals surface area contributed by atoms with Crippen LogP contribution in [0.1, 0.15) is 33.3 Å². The van der Waals surface area contributed by atoms with E-state index >= 15 is 0 Å². The zero-order chi connectivity index (χ0) is 16.2. The highest BCUT2D eigenvalue weighted by atomic mass is 35.5. The van der Waals surface area contributed by atoms with E-state index in [-0.39, 0.29) is 12.3 Å². The highest BCUT2D eigenvalue weighted by molar-refractivity contribution is 6.36. The fourth-order valence-corrected chi connectivity index (χ4v) is 2.13. The minimum atomic E-state index is -0.738. The fraction of sp³-hybridized carbons (Fsp3) is 0.467. The molecular formula is C15H19Cl2NO3. The van der Waals surface area contributed by atoms with Crippen LogP contribution in [-0.4, -0.2) is 23.5 Å². The van der Waals surface area contributed by atoms with E-state index in [1.165, 1.54) is 0 Å². The standard InChI is InChI=1S/C15H19Cl2NO3/c1-9(14(20)21-15(2,3)4)18-13(19)8-10-11(16)6-5-7-12(10)17/h5-7,9H,8H2,1-4H3,(H,18,19)/t9-/m0/s1. The Morgan fingerprint density at radius 3 is 2.24 bits per heavy atom. The number of benzene rings is 1. The Bertz CT molecular complexity index is 518. The van der Waals surface area contributed by atoms with Crippen LogP contribution in [0.15, 0.2) is 18.2 Å². The molecule has 1 amide bonds. The molecule has 0 aliphatic rings. The van der Waals surface area contributed by atoms with Crippen LogP contribution < -0.4 is 5.32 Å². The van der Waals surface area contributed by atoms with E-state index in [2.05, 4.69) is 5.32 Å². The molecule has 0 saturated heterocycles. The molecule has 116 valence electrons. The van der Waals surface area contributed by atoms with Crippen molar-refractivity contribution in [2.75, 3.05) is 0 Å². The molecule has 0 aliphatic heterocycles. The van der Waals surface area contributed by atoms with Gasteiger partial charge in [-0.15, -0.1) is 0 Å². The van der Waals surface area contributed by atoms with Gasteiger partial charge in [-0.3, -0.25) is 4.79 Å². The molecule has 6 heteroatoms. The van der Waals surface area contributed by atoms with Crippen LogP contribution in [0.25, 0.3) is 0 Å². The van der Waals surface area contributed by atoms with Crippen molar-refractivity contribution in [2.24, 2.45) is 0 Å². The number of halogens is 2. The van der Waals surface area contributed by atoms with E-state index in [1.54, 1.807) is 45.9 Å². The summed E-state index contributed by atoms with van der Waals surface area (Å²) in [6.45, 7) is 6.87. The van der Waals surface area contributed by atoms with E-state index in [4.69, 9.17) is 27.9 Å². The molecule has 4 nitrogen and oxygen atoms in total. The van der Waals surface area contributed by atoms with E-state index < -0.39 is 17.6 Å². The highest BCUT2D eigenvalue weighted by Crippen LogP contribution is 2.24. The maximum atomic E-state index is 12.0. The molecule has 0 aliphatic carbocycles. The van der Waals surface area contributed by atoms with Crippen LogP contribution in [0.3, 0.4) is 0 Å². The maximum Gasteiger partial charge on any atom is 0.328 e. The summed E-state index contributed by atoms with van der Waals surface area (Å²) in [7, 11) is 0. The van der Waals surface area contributed by atoms with Crippen LogP contribution in [0.4, 0.5) is 0 Å². The van der Waals surface area contributed by atoms with Crippen molar-refractivity contribution in [2.45, 2.75) is 45.8 Å². The quantitative estimate of drug-likeness (QED) is 0.860. The first kappa shape index (κ1) is 17.8. The molecule has 0 bridgehead atoms. The smallest absolute Gasteiger partial charge is 0.328 e. The van der Waals surface area contributed by atoms with Gasteiger partial charge in [0, 0.05) is 10.0 Å². The molecule has 1 atom stereocenters. The number of hydrogen-bond acceptors (Lipinski definition) is 3. The van der Waals surface area contributed by atoms with E-state index in [0.717, 1.165) is 0 Å². The van der Waals surface area contributed by atoms with Crippen molar-refractivity contribution in [3.63, 3.8) is 0 Å². The second-order valence-corrected chi connectivity index (χ2v) is 6.51. The predicted molar refractivity (Wildman–Crippen MR) is 83.6 cm³/mol. The summed E-state index contributed by atoms with van der Waals surface area (Å²) in [5, 5.41) is 3.41. The van der Waals surface area contributed by atoms with Gasteiger partial charge < -0.3 is 10.1 Å². The van der Waals surface area contributed by atoms with Crippen LogP contribution in [0.2, 0.25) is 10.0 Å². The Kier molecular flexibility index (Phi) is 6.05. The molecule has 1 N–H and O–H groups in total. The molecule has 0 saturated carbocycles. The summed E-state index contributed by atoms with van der Waals surface area (Å²) in [5.41, 5.74) is -0.0583. The number of carbonyl (C=O) groups is 2. The van der Waals surface area contributed by atoms with Gasteiger partial charge >= 0.3 is 5.97 Å². The van der Waals surface area contributed by atoms with Gasteiger partial charge in [0.1, 0.15) is 11.6 Å². The monoisotopic (exact) mass is 331 g/mol. The SMILES string of the molecule is C[C@H](NC(=O)Cc1c(Cl)cccc1Cl)C(=O)OC(C)(C)C. The third-order valence-corrected chi connectivity index (χ3v) is 3.25. The number of amides is 1. The average Bonchev–Trinajstić information content (AvgIpc) is 2.31. The second kappa shape index (κ2) is 7.14. The minimum absolute atomic E-state index is 0.00560. The van der Waals surface area contributed by atoms with Crippen molar-refractivity contribution in [1.82, 2.24) is 5.32 Å². The fourth-order valence-electron chi connectivity index (χ4n) is 1.60. The summed E-state index contributed by atoms with van der Waals surface area (Å²) in [5.74, 6) is -0.829. The molecule has 1 rings (SSSR count). The number of nitrogens with one attached hydrogen (secondary N) is 1. The van der Waals surface area contributed by atoms with Crippen LogP contribution >= 0.6 is 23.2 Å². The Labute approximate surface area is 134 Å². The van der Waals surface area contributed by atoms with E-state index in [0.29, 0.717) is 15.6 Å². The number of ether oxygens (including phenoxy) is 1. The first-order valence-electron chi connectivity index (χ1n) is 6.55. The van der Waals surface area contributed by atoms with Gasteiger partial charge in [0.25, 0.3) is 0 Å². The van der Waals surface area contributed by atoms with Gasteiger partial charge in [0.15, 0.2) is 0 Å².